The minimum atomic E-state index is -2.79. The van der Waals surface area contributed by atoms with Crippen LogP contribution in [-0.2, 0) is 9.84 Å². The van der Waals surface area contributed by atoms with E-state index in [0.717, 1.165) is 12.8 Å². The first-order chi connectivity index (χ1) is 7.93. The molecule has 0 spiro atoms. The van der Waals surface area contributed by atoms with Crippen LogP contribution in [0.1, 0.15) is 52.4 Å². The van der Waals surface area contributed by atoms with Crippen LogP contribution in [0.4, 0.5) is 0 Å². The molecule has 0 heterocycles. The van der Waals surface area contributed by atoms with E-state index in [9.17, 15) is 8.42 Å². The first-order valence-electron chi connectivity index (χ1n) is 6.81. The highest BCUT2D eigenvalue weighted by Crippen LogP contribution is 2.41. The average molecular weight is 261 g/mol. The van der Waals surface area contributed by atoms with Gasteiger partial charge in [0.1, 0.15) is 9.84 Å². The van der Waals surface area contributed by atoms with Crippen molar-refractivity contribution < 1.29 is 8.42 Å². The second kappa shape index (κ2) is 6.19. The van der Waals surface area contributed by atoms with Crippen molar-refractivity contribution in [3.63, 3.8) is 0 Å². The Morgan fingerprint density at radius 2 is 1.88 bits per heavy atom. The molecule has 0 aliphatic heterocycles. The molecule has 0 aromatic heterocycles. The molecule has 17 heavy (non-hydrogen) atoms. The highest BCUT2D eigenvalue weighted by Gasteiger charge is 2.35. The molecule has 1 saturated carbocycles. The lowest BCUT2D eigenvalue weighted by molar-refractivity contribution is 0.219. The lowest BCUT2D eigenvalue weighted by Crippen LogP contribution is -2.40. The van der Waals surface area contributed by atoms with Crippen LogP contribution in [0.15, 0.2) is 0 Å². The quantitative estimate of drug-likeness (QED) is 0.765. The smallest absolute Gasteiger partial charge is 0.150 e. The van der Waals surface area contributed by atoms with E-state index in [1.165, 1.54) is 25.7 Å². The summed E-state index contributed by atoms with van der Waals surface area (Å²) in [5.74, 6) is 0.617. The summed E-state index contributed by atoms with van der Waals surface area (Å²) in [5, 5.41) is 3.39. The molecule has 0 bridgehead atoms. The van der Waals surface area contributed by atoms with Crippen LogP contribution in [-0.4, -0.2) is 33.0 Å². The molecule has 3 nitrogen and oxygen atoms in total. The SMILES string of the molecule is CCS(=O)(=O)CCCC(NC)C1(C)CCCC1. The van der Waals surface area contributed by atoms with Crippen LogP contribution in [0.2, 0.25) is 0 Å². The molecule has 1 fully saturated rings. The minimum absolute atomic E-state index is 0.272. The van der Waals surface area contributed by atoms with Crippen LogP contribution < -0.4 is 5.32 Å². The van der Waals surface area contributed by atoms with Gasteiger partial charge in [0.05, 0.1) is 5.75 Å². The summed E-state index contributed by atoms with van der Waals surface area (Å²) in [7, 11) is -0.792. The van der Waals surface area contributed by atoms with Crippen molar-refractivity contribution in [1.29, 1.82) is 0 Å². The van der Waals surface area contributed by atoms with Crippen LogP contribution in [0, 0.1) is 5.41 Å². The van der Waals surface area contributed by atoms with Gasteiger partial charge in [-0.25, -0.2) is 8.42 Å². The van der Waals surface area contributed by atoms with E-state index in [1.807, 2.05) is 7.05 Å². The highest BCUT2D eigenvalue weighted by molar-refractivity contribution is 7.91. The van der Waals surface area contributed by atoms with E-state index in [2.05, 4.69) is 12.2 Å². The highest BCUT2D eigenvalue weighted by atomic mass is 32.2. The fraction of sp³-hybridized carbons (Fsp3) is 1.00. The Bertz CT molecular complexity index is 318. The Morgan fingerprint density at radius 3 is 2.35 bits per heavy atom. The van der Waals surface area contributed by atoms with Gasteiger partial charge in [-0.15, -0.1) is 0 Å². The third-order valence-corrected chi connectivity index (χ3v) is 6.11. The van der Waals surface area contributed by atoms with Crippen LogP contribution in [0.3, 0.4) is 0 Å². The summed E-state index contributed by atoms with van der Waals surface area (Å²) in [6.07, 6.45) is 6.96. The first-order valence-corrected chi connectivity index (χ1v) is 8.63. The van der Waals surface area contributed by atoms with Gasteiger partial charge >= 0.3 is 0 Å². The van der Waals surface area contributed by atoms with Crippen LogP contribution in [0.5, 0.6) is 0 Å². The maximum absolute atomic E-state index is 11.4. The Labute approximate surface area is 106 Å². The molecule has 1 aliphatic rings. The van der Waals surface area contributed by atoms with Gasteiger partial charge in [0.2, 0.25) is 0 Å². The van der Waals surface area contributed by atoms with Crippen molar-refractivity contribution in [2.24, 2.45) is 5.41 Å². The molecule has 4 heteroatoms. The van der Waals surface area contributed by atoms with Crippen molar-refractivity contribution in [2.45, 2.75) is 58.4 Å². The predicted molar refractivity (Wildman–Crippen MR) is 73.0 cm³/mol. The molecule has 1 N–H and O–H groups in total. The molecule has 102 valence electrons. The zero-order chi connectivity index (χ0) is 12.9. The number of nitrogens with one attached hydrogen (secondary N) is 1. The van der Waals surface area contributed by atoms with Gasteiger partial charge in [0.15, 0.2) is 0 Å². The average Bonchev–Trinajstić information content (AvgIpc) is 2.72. The van der Waals surface area contributed by atoms with Crippen molar-refractivity contribution in [3.8, 4) is 0 Å². The number of hydrogen-bond acceptors (Lipinski definition) is 3. The summed E-state index contributed by atoms with van der Waals surface area (Å²) in [6.45, 7) is 4.07. The van der Waals surface area contributed by atoms with Gasteiger partial charge < -0.3 is 5.32 Å². The van der Waals surface area contributed by atoms with Gasteiger partial charge in [-0.2, -0.15) is 0 Å². The van der Waals surface area contributed by atoms with Gasteiger partial charge in [-0.3, -0.25) is 0 Å². The first kappa shape index (κ1) is 15.0. The second-order valence-corrected chi connectivity index (χ2v) is 8.05. The van der Waals surface area contributed by atoms with Gasteiger partial charge in [0.25, 0.3) is 0 Å². The Kier molecular flexibility index (Phi) is 5.45. The van der Waals surface area contributed by atoms with Gasteiger partial charge in [0, 0.05) is 11.8 Å². The monoisotopic (exact) mass is 261 g/mol. The van der Waals surface area contributed by atoms with E-state index in [1.54, 1.807) is 6.92 Å². The normalized spacial score (nSPS) is 21.6. The van der Waals surface area contributed by atoms with E-state index < -0.39 is 9.84 Å². The summed E-state index contributed by atoms with van der Waals surface area (Å²) in [4.78, 5) is 0. The number of rotatable bonds is 7. The summed E-state index contributed by atoms with van der Waals surface area (Å²) >= 11 is 0. The standard InChI is InChI=1S/C13H27NO2S/c1-4-17(15,16)11-7-8-12(14-3)13(2)9-5-6-10-13/h12,14H,4-11H2,1-3H3. The fourth-order valence-electron chi connectivity index (χ4n) is 3.02. The van der Waals surface area contributed by atoms with Crippen molar-refractivity contribution >= 4 is 9.84 Å². The van der Waals surface area contributed by atoms with Crippen LogP contribution >= 0.6 is 0 Å². The maximum Gasteiger partial charge on any atom is 0.150 e. The van der Waals surface area contributed by atoms with Crippen molar-refractivity contribution in [2.75, 3.05) is 18.6 Å². The lowest BCUT2D eigenvalue weighted by atomic mass is 9.79. The zero-order valence-electron chi connectivity index (χ0n) is 11.5. The number of hydrogen-bond donors (Lipinski definition) is 1. The molecule has 1 atom stereocenters. The summed E-state index contributed by atoms with van der Waals surface area (Å²) in [6, 6.07) is 0.469. The van der Waals surface area contributed by atoms with E-state index >= 15 is 0 Å². The Hall–Kier alpha value is -0.0900. The molecule has 1 aliphatic carbocycles. The molecule has 0 amide bonds. The molecule has 1 unspecified atom stereocenters. The third kappa shape index (κ3) is 4.25. The summed E-state index contributed by atoms with van der Waals surface area (Å²) < 4.78 is 22.9. The maximum atomic E-state index is 11.4. The fourth-order valence-corrected chi connectivity index (χ4v) is 3.92. The van der Waals surface area contributed by atoms with Crippen molar-refractivity contribution in [3.05, 3.63) is 0 Å². The number of sulfone groups is 1. The molecular weight excluding hydrogens is 234 g/mol. The van der Waals surface area contributed by atoms with E-state index in [-0.39, 0.29) is 5.75 Å². The molecule has 1 rings (SSSR count). The molecule has 0 aromatic rings. The summed E-state index contributed by atoms with van der Waals surface area (Å²) in [5.41, 5.74) is 0.380. The van der Waals surface area contributed by atoms with Crippen LogP contribution in [0.25, 0.3) is 0 Å². The van der Waals surface area contributed by atoms with Gasteiger partial charge in [-0.1, -0.05) is 26.7 Å². The zero-order valence-corrected chi connectivity index (χ0v) is 12.3. The largest absolute Gasteiger partial charge is 0.316 e. The Balaban J connectivity index is 2.43. The predicted octanol–water partition coefficient (Wildman–Crippen LogP) is 2.37. The molecule has 0 saturated heterocycles. The molecule has 0 aromatic carbocycles. The second-order valence-electron chi connectivity index (χ2n) is 5.58. The Morgan fingerprint density at radius 1 is 1.29 bits per heavy atom. The van der Waals surface area contributed by atoms with E-state index in [4.69, 9.17) is 0 Å². The lowest BCUT2D eigenvalue weighted by Gasteiger charge is -2.34. The minimum Gasteiger partial charge on any atom is -0.316 e. The van der Waals surface area contributed by atoms with Crippen molar-refractivity contribution in [1.82, 2.24) is 5.32 Å². The molecule has 0 radical (unpaired) electrons. The topological polar surface area (TPSA) is 46.2 Å². The van der Waals surface area contributed by atoms with E-state index in [0.29, 0.717) is 17.2 Å². The third-order valence-electron chi connectivity index (χ3n) is 4.32. The molecular formula is C13H27NO2S. The van der Waals surface area contributed by atoms with Gasteiger partial charge in [-0.05, 0) is 38.1 Å².